The Morgan fingerprint density at radius 1 is 0.879 bits per heavy atom. The van der Waals surface area contributed by atoms with E-state index in [9.17, 15) is 10.2 Å². The second-order valence-electron chi connectivity index (χ2n) is 7.75. The maximum Gasteiger partial charge on any atom is 0.319 e. The topological polar surface area (TPSA) is 106 Å². The Morgan fingerprint density at radius 2 is 1.64 bits per heavy atom. The number of benzene rings is 2. The van der Waals surface area contributed by atoms with Gasteiger partial charge in [0.25, 0.3) is 0 Å². The molecule has 0 saturated heterocycles. The standard InChI is InChI=1S/C25H31N3O5/c1-16(2)33-25-27-21(18-6-7-19(14-29)20(12-18)15-30)13-24(28-25)26-10-9-17-5-8-22(31-3)23(11-17)32-4/h5-8,11-13,16,29-30H,9-10,14-15H2,1-4H3,(H,26,27,28). The summed E-state index contributed by atoms with van der Waals surface area (Å²) in [6.07, 6.45) is 0.671. The van der Waals surface area contributed by atoms with E-state index in [0.717, 1.165) is 17.5 Å². The van der Waals surface area contributed by atoms with Crippen LogP contribution in [-0.4, -0.2) is 47.0 Å². The van der Waals surface area contributed by atoms with Gasteiger partial charge in [-0.1, -0.05) is 18.2 Å². The van der Waals surface area contributed by atoms with Crippen molar-refractivity contribution in [3.8, 4) is 28.8 Å². The van der Waals surface area contributed by atoms with Crippen LogP contribution in [0.1, 0.15) is 30.5 Å². The molecule has 8 heteroatoms. The van der Waals surface area contributed by atoms with Gasteiger partial charge in [0, 0.05) is 18.2 Å². The lowest BCUT2D eigenvalue weighted by Crippen LogP contribution is -2.12. The average Bonchev–Trinajstić information content (AvgIpc) is 2.82. The van der Waals surface area contributed by atoms with Crippen LogP contribution in [0.25, 0.3) is 11.3 Å². The van der Waals surface area contributed by atoms with Gasteiger partial charge in [-0.3, -0.25) is 0 Å². The molecule has 0 fully saturated rings. The minimum atomic E-state index is -0.166. The van der Waals surface area contributed by atoms with E-state index in [1.807, 2.05) is 50.2 Å². The molecule has 3 rings (SSSR count). The Bertz CT molecular complexity index is 1070. The lowest BCUT2D eigenvalue weighted by molar-refractivity contribution is 0.223. The van der Waals surface area contributed by atoms with Crippen molar-refractivity contribution in [2.24, 2.45) is 0 Å². The highest BCUT2D eigenvalue weighted by Gasteiger charge is 2.12. The summed E-state index contributed by atoms with van der Waals surface area (Å²) in [5.74, 6) is 2.02. The van der Waals surface area contributed by atoms with Crippen molar-refractivity contribution in [3.63, 3.8) is 0 Å². The molecule has 0 amide bonds. The minimum absolute atomic E-state index is 0.0790. The van der Waals surface area contributed by atoms with E-state index < -0.39 is 0 Å². The minimum Gasteiger partial charge on any atom is -0.493 e. The zero-order valence-corrected chi connectivity index (χ0v) is 19.5. The number of hydrogen-bond acceptors (Lipinski definition) is 8. The summed E-state index contributed by atoms with van der Waals surface area (Å²) in [4.78, 5) is 9.02. The quantitative estimate of drug-likeness (QED) is 0.405. The maximum atomic E-state index is 9.65. The van der Waals surface area contributed by atoms with Gasteiger partial charge in [0.1, 0.15) is 5.82 Å². The van der Waals surface area contributed by atoms with Crippen LogP contribution in [0.4, 0.5) is 5.82 Å². The van der Waals surface area contributed by atoms with Gasteiger partial charge in [0.2, 0.25) is 0 Å². The first-order chi connectivity index (χ1) is 16.0. The van der Waals surface area contributed by atoms with Crippen LogP contribution >= 0.6 is 0 Å². The molecule has 0 atom stereocenters. The number of aromatic nitrogens is 2. The van der Waals surface area contributed by atoms with Crippen molar-refractivity contribution in [1.82, 2.24) is 9.97 Å². The molecule has 33 heavy (non-hydrogen) atoms. The number of aliphatic hydroxyl groups is 2. The van der Waals surface area contributed by atoms with Crippen molar-refractivity contribution >= 4 is 5.82 Å². The van der Waals surface area contributed by atoms with E-state index >= 15 is 0 Å². The third kappa shape index (κ3) is 6.34. The van der Waals surface area contributed by atoms with Crippen molar-refractivity contribution in [2.45, 2.75) is 39.6 Å². The number of hydrogen-bond donors (Lipinski definition) is 3. The molecule has 176 valence electrons. The van der Waals surface area contributed by atoms with E-state index in [1.165, 1.54) is 0 Å². The molecule has 0 saturated carbocycles. The fraction of sp³-hybridized carbons (Fsp3) is 0.360. The van der Waals surface area contributed by atoms with Crippen LogP contribution in [0.5, 0.6) is 17.5 Å². The average molecular weight is 454 g/mol. The largest absolute Gasteiger partial charge is 0.493 e. The van der Waals surface area contributed by atoms with Crippen LogP contribution in [0.15, 0.2) is 42.5 Å². The molecule has 0 aliphatic carbocycles. The Kier molecular flexibility index (Phi) is 8.46. The monoisotopic (exact) mass is 453 g/mol. The van der Waals surface area contributed by atoms with Crippen LogP contribution in [-0.2, 0) is 19.6 Å². The Labute approximate surface area is 194 Å². The smallest absolute Gasteiger partial charge is 0.319 e. The van der Waals surface area contributed by atoms with Gasteiger partial charge >= 0.3 is 6.01 Å². The first-order valence-corrected chi connectivity index (χ1v) is 10.8. The third-order valence-corrected chi connectivity index (χ3v) is 5.06. The highest BCUT2D eigenvalue weighted by atomic mass is 16.5. The molecule has 0 spiro atoms. The summed E-state index contributed by atoms with van der Waals surface area (Å²) in [6.45, 7) is 4.17. The SMILES string of the molecule is COc1ccc(CCNc2cc(-c3ccc(CO)c(CO)c3)nc(OC(C)C)n2)cc1OC. The Hall–Kier alpha value is -3.36. The summed E-state index contributed by atoms with van der Waals surface area (Å²) in [5.41, 5.74) is 3.90. The van der Waals surface area contributed by atoms with Crippen molar-refractivity contribution in [2.75, 3.05) is 26.1 Å². The van der Waals surface area contributed by atoms with Gasteiger partial charge in [-0.15, -0.1) is 0 Å². The molecule has 0 aliphatic rings. The summed E-state index contributed by atoms with van der Waals surface area (Å²) in [7, 11) is 3.23. The predicted octanol–water partition coefficient (Wildman–Crippen LogP) is 3.59. The molecule has 2 aromatic carbocycles. The number of nitrogens with zero attached hydrogens (tertiary/aromatic N) is 2. The number of anilines is 1. The van der Waals surface area contributed by atoms with E-state index in [0.29, 0.717) is 40.7 Å². The molecule has 0 radical (unpaired) electrons. The molecule has 0 bridgehead atoms. The molecular weight excluding hydrogens is 422 g/mol. The van der Waals surface area contributed by atoms with Crippen molar-refractivity contribution < 1.29 is 24.4 Å². The molecule has 8 nitrogen and oxygen atoms in total. The highest BCUT2D eigenvalue weighted by molar-refractivity contribution is 5.64. The normalized spacial score (nSPS) is 10.9. The van der Waals surface area contributed by atoms with Crippen LogP contribution < -0.4 is 19.5 Å². The Morgan fingerprint density at radius 3 is 2.30 bits per heavy atom. The molecule has 3 aromatic rings. The Balaban J connectivity index is 1.82. The molecule has 3 N–H and O–H groups in total. The van der Waals surface area contributed by atoms with Gasteiger partial charge in [0.05, 0.1) is 39.2 Å². The number of ether oxygens (including phenoxy) is 3. The molecule has 0 aliphatic heterocycles. The maximum absolute atomic E-state index is 9.65. The third-order valence-electron chi connectivity index (χ3n) is 5.06. The lowest BCUT2D eigenvalue weighted by Gasteiger charge is -2.14. The fourth-order valence-corrected chi connectivity index (χ4v) is 3.38. The van der Waals surface area contributed by atoms with Crippen molar-refractivity contribution in [1.29, 1.82) is 0 Å². The van der Waals surface area contributed by atoms with Crippen LogP contribution in [0.3, 0.4) is 0 Å². The number of nitrogens with one attached hydrogen (secondary N) is 1. The fourth-order valence-electron chi connectivity index (χ4n) is 3.38. The van der Waals surface area contributed by atoms with Gasteiger partial charge < -0.3 is 29.7 Å². The second kappa shape index (κ2) is 11.5. The summed E-state index contributed by atoms with van der Waals surface area (Å²) >= 11 is 0. The zero-order chi connectivity index (χ0) is 23.8. The van der Waals surface area contributed by atoms with E-state index in [4.69, 9.17) is 14.2 Å². The predicted molar refractivity (Wildman–Crippen MR) is 127 cm³/mol. The first kappa shape index (κ1) is 24.3. The van der Waals surface area contributed by atoms with Crippen molar-refractivity contribution in [3.05, 3.63) is 59.2 Å². The number of methoxy groups -OCH3 is 2. The van der Waals surface area contributed by atoms with Crippen LogP contribution in [0, 0.1) is 0 Å². The molecular formula is C25H31N3O5. The summed E-state index contributed by atoms with van der Waals surface area (Å²) < 4.78 is 16.4. The van der Waals surface area contributed by atoms with E-state index in [1.54, 1.807) is 20.3 Å². The van der Waals surface area contributed by atoms with Gasteiger partial charge in [0.15, 0.2) is 11.5 Å². The van der Waals surface area contributed by atoms with Gasteiger partial charge in [-0.05, 0) is 55.2 Å². The van der Waals surface area contributed by atoms with Crippen LogP contribution in [0.2, 0.25) is 0 Å². The highest BCUT2D eigenvalue weighted by Crippen LogP contribution is 2.28. The number of aliphatic hydroxyl groups excluding tert-OH is 2. The van der Waals surface area contributed by atoms with E-state index in [-0.39, 0.29) is 25.3 Å². The van der Waals surface area contributed by atoms with E-state index in [2.05, 4.69) is 15.3 Å². The second-order valence-corrected chi connectivity index (χ2v) is 7.75. The van der Waals surface area contributed by atoms with Gasteiger partial charge in [-0.2, -0.15) is 9.97 Å². The number of rotatable bonds is 11. The summed E-state index contributed by atoms with van der Waals surface area (Å²) in [5, 5.41) is 22.5. The molecule has 1 heterocycles. The first-order valence-electron chi connectivity index (χ1n) is 10.8. The molecule has 0 unspecified atom stereocenters. The molecule has 1 aromatic heterocycles. The zero-order valence-electron chi connectivity index (χ0n) is 19.5. The lowest BCUT2D eigenvalue weighted by atomic mass is 10.0. The summed E-state index contributed by atoms with van der Waals surface area (Å²) in [6, 6.07) is 13.4. The van der Waals surface area contributed by atoms with Gasteiger partial charge in [-0.25, -0.2) is 0 Å².